The van der Waals surface area contributed by atoms with Gasteiger partial charge in [-0.1, -0.05) is 6.42 Å². The molecule has 1 aromatic heterocycles. The Balaban J connectivity index is 1.70. The van der Waals surface area contributed by atoms with Crippen molar-refractivity contribution < 1.29 is 9.84 Å². The number of phenols is 1. The molecule has 3 rings (SSSR count). The maximum absolute atomic E-state index is 10.1. The standard InChI is InChI=1S/C17H24N4O2/c1-12(14-10-13(23-2)7-8-15(14)22)18-11-17-20-19-16-6-4-3-5-9-21(16)17/h7-8,10,12,18,22H,3-6,9,11H2,1-2H3. The number of aromatic nitrogens is 3. The second-order valence-electron chi connectivity index (χ2n) is 6.02. The van der Waals surface area contributed by atoms with Gasteiger partial charge in [0.15, 0.2) is 0 Å². The van der Waals surface area contributed by atoms with Gasteiger partial charge in [0.25, 0.3) is 0 Å². The van der Waals surface area contributed by atoms with Crippen LogP contribution in [0.15, 0.2) is 18.2 Å². The van der Waals surface area contributed by atoms with E-state index >= 15 is 0 Å². The van der Waals surface area contributed by atoms with Gasteiger partial charge in [0.2, 0.25) is 0 Å². The minimum atomic E-state index is -0.0103. The number of nitrogens with one attached hydrogen (secondary N) is 1. The second kappa shape index (κ2) is 7.00. The highest BCUT2D eigenvalue weighted by Crippen LogP contribution is 2.28. The molecular formula is C17H24N4O2. The Labute approximate surface area is 136 Å². The van der Waals surface area contributed by atoms with Crippen LogP contribution in [0.25, 0.3) is 0 Å². The van der Waals surface area contributed by atoms with Gasteiger partial charge in [-0.2, -0.15) is 0 Å². The van der Waals surface area contributed by atoms with Gasteiger partial charge in [0, 0.05) is 24.6 Å². The lowest BCUT2D eigenvalue weighted by molar-refractivity contribution is 0.407. The van der Waals surface area contributed by atoms with E-state index in [0.29, 0.717) is 6.54 Å². The van der Waals surface area contributed by atoms with E-state index in [2.05, 4.69) is 20.1 Å². The van der Waals surface area contributed by atoms with Crippen LogP contribution in [0.4, 0.5) is 0 Å². The number of rotatable bonds is 5. The fourth-order valence-corrected chi connectivity index (χ4v) is 3.04. The van der Waals surface area contributed by atoms with E-state index in [-0.39, 0.29) is 11.8 Å². The molecule has 1 atom stereocenters. The summed E-state index contributed by atoms with van der Waals surface area (Å²) < 4.78 is 7.47. The quantitative estimate of drug-likeness (QED) is 0.887. The van der Waals surface area contributed by atoms with Crippen LogP contribution in [0.1, 0.15) is 49.4 Å². The summed E-state index contributed by atoms with van der Waals surface area (Å²) in [4.78, 5) is 0. The zero-order valence-electron chi connectivity index (χ0n) is 13.7. The lowest BCUT2D eigenvalue weighted by atomic mass is 10.1. The van der Waals surface area contributed by atoms with Crippen molar-refractivity contribution in [3.05, 3.63) is 35.4 Å². The third-order valence-corrected chi connectivity index (χ3v) is 4.45. The molecule has 2 N–H and O–H groups in total. The molecule has 0 bridgehead atoms. The Bertz CT molecular complexity index is 669. The molecule has 0 aliphatic carbocycles. The number of phenolic OH excluding ortho intramolecular Hbond substituents is 1. The summed E-state index contributed by atoms with van der Waals surface area (Å²) in [6.45, 7) is 3.65. The average Bonchev–Trinajstić information content (AvgIpc) is 2.79. The van der Waals surface area contributed by atoms with Crippen molar-refractivity contribution in [2.45, 2.75) is 51.7 Å². The number of fused-ring (bicyclic) bond motifs is 1. The fourth-order valence-electron chi connectivity index (χ4n) is 3.04. The topological polar surface area (TPSA) is 72.2 Å². The monoisotopic (exact) mass is 316 g/mol. The summed E-state index contributed by atoms with van der Waals surface area (Å²) in [5.74, 6) is 3.07. The summed E-state index contributed by atoms with van der Waals surface area (Å²) in [5.41, 5.74) is 0.819. The van der Waals surface area contributed by atoms with E-state index in [1.165, 1.54) is 19.3 Å². The Morgan fingerprint density at radius 2 is 2.17 bits per heavy atom. The Kier molecular flexibility index (Phi) is 4.81. The SMILES string of the molecule is COc1ccc(O)c(C(C)NCc2nnc3n2CCCCC3)c1. The summed E-state index contributed by atoms with van der Waals surface area (Å²) >= 11 is 0. The predicted molar refractivity (Wildman–Crippen MR) is 87.5 cm³/mol. The molecule has 0 saturated heterocycles. The number of aryl methyl sites for hydroxylation is 1. The zero-order valence-corrected chi connectivity index (χ0v) is 13.7. The first-order valence-electron chi connectivity index (χ1n) is 8.20. The normalized spacial score (nSPS) is 15.7. The molecule has 1 aliphatic heterocycles. The van der Waals surface area contributed by atoms with E-state index in [9.17, 15) is 5.11 Å². The molecule has 2 heterocycles. The zero-order chi connectivity index (χ0) is 16.2. The van der Waals surface area contributed by atoms with Crippen molar-refractivity contribution >= 4 is 0 Å². The van der Waals surface area contributed by atoms with Crippen LogP contribution in [0.5, 0.6) is 11.5 Å². The van der Waals surface area contributed by atoms with Gasteiger partial charge < -0.3 is 19.7 Å². The van der Waals surface area contributed by atoms with E-state index in [1.54, 1.807) is 19.2 Å². The minimum absolute atomic E-state index is 0.0103. The van der Waals surface area contributed by atoms with Crippen molar-refractivity contribution in [3.8, 4) is 11.5 Å². The minimum Gasteiger partial charge on any atom is -0.508 e. The maximum atomic E-state index is 10.1. The van der Waals surface area contributed by atoms with Gasteiger partial charge in [-0.25, -0.2) is 0 Å². The molecular weight excluding hydrogens is 292 g/mol. The lowest BCUT2D eigenvalue weighted by Gasteiger charge is -2.17. The van der Waals surface area contributed by atoms with Crippen LogP contribution in [-0.2, 0) is 19.5 Å². The molecule has 2 aromatic rings. The summed E-state index contributed by atoms with van der Waals surface area (Å²) in [7, 11) is 1.62. The summed E-state index contributed by atoms with van der Waals surface area (Å²) in [6.07, 6.45) is 4.65. The van der Waals surface area contributed by atoms with Crippen LogP contribution in [0.3, 0.4) is 0 Å². The van der Waals surface area contributed by atoms with Crippen molar-refractivity contribution in [2.75, 3.05) is 7.11 Å². The van der Waals surface area contributed by atoms with Crippen molar-refractivity contribution in [2.24, 2.45) is 0 Å². The average molecular weight is 316 g/mol. The van der Waals surface area contributed by atoms with Crippen LogP contribution in [0.2, 0.25) is 0 Å². The first kappa shape index (κ1) is 15.8. The van der Waals surface area contributed by atoms with E-state index in [0.717, 1.165) is 35.9 Å². The van der Waals surface area contributed by atoms with Crippen LogP contribution in [0, 0.1) is 0 Å². The number of methoxy groups -OCH3 is 1. The van der Waals surface area contributed by atoms with E-state index in [1.807, 2.05) is 13.0 Å². The number of hydrogen-bond acceptors (Lipinski definition) is 5. The molecule has 6 heteroatoms. The highest BCUT2D eigenvalue weighted by atomic mass is 16.5. The number of hydrogen-bond donors (Lipinski definition) is 2. The van der Waals surface area contributed by atoms with E-state index in [4.69, 9.17) is 4.74 Å². The molecule has 124 valence electrons. The fraction of sp³-hybridized carbons (Fsp3) is 0.529. The molecule has 0 fully saturated rings. The number of aromatic hydroxyl groups is 1. The number of benzene rings is 1. The van der Waals surface area contributed by atoms with Crippen molar-refractivity contribution in [1.29, 1.82) is 0 Å². The van der Waals surface area contributed by atoms with Crippen LogP contribution >= 0.6 is 0 Å². The van der Waals surface area contributed by atoms with Crippen LogP contribution < -0.4 is 10.1 Å². The van der Waals surface area contributed by atoms with Gasteiger partial charge in [-0.15, -0.1) is 10.2 Å². The van der Waals surface area contributed by atoms with E-state index < -0.39 is 0 Å². The largest absolute Gasteiger partial charge is 0.508 e. The smallest absolute Gasteiger partial charge is 0.147 e. The van der Waals surface area contributed by atoms with Crippen molar-refractivity contribution in [1.82, 2.24) is 20.1 Å². The van der Waals surface area contributed by atoms with Gasteiger partial charge >= 0.3 is 0 Å². The van der Waals surface area contributed by atoms with Gasteiger partial charge in [-0.05, 0) is 38.0 Å². The highest BCUT2D eigenvalue weighted by Gasteiger charge is 2.16. The second-order valence-corrected chi connectivity index (χ2v) is 6.02. The molecule has 23 heavy (non-hydrogen) atoms. The highest BCUT2D eigenvalue weighted by molar-refractivity contribution is 5.41. The Morgan fingerprint density at radius 3 is 3.00 bits per heavy atom. The molecule has 6 nitrogen and oxygen atoms in total. The molecule has 1 aromatic carbocycles. The number of ether oxygens (including phenoxy) is 1. The molecule has 0 spiro atoms. The van der Waals surface area contributed by atoms with Gasteiger partial charge in [-0.3, -0.25) is 0 Å². The molecule has 0 radical (unpaired) electrons. The molecule has 1 unspecified atom stereocenters. The lowest BCUT2D eigenvalue weighted by Crippen LogP contribution is -2.21. The molecule has 0 saturated carbocycles. The summed E-state index contributed by atoms with van der Waals surface area (Å²) in [6, 6.07) is 5.26. The summed E-state index contributed by atoms with van der Waals surface area (Å²) in [5, 5.41) is 22.1. The first-order valence-corrected chi connectivity index (χ1v) is 8.20. The maximum Gasteiger partial charge on any atom is 0.147 e. The van der Waals surface area contributed by atoms with Gasteiger partial charge in [0.1, 0.15) is 23.1 Å². The Morgan fingerprint density at radius 1 is 1.30 bits per heavy atom. The third-order valence-electron chi connectivity index (χ3n) is 4.45. The van der Waals surface area contributed by atoms with Gasteiger partial charge in [0.05, 0.1) is 13.7 Å². The first-order chi connectivity index (χ1) is 11.2. The van der Waals surface area contributed by atoms with Crippen molar-refractivity contribution in [3.63, 3.8) is 0 Å². The molecule has 0 amide bonds. The number of nitrogens with zero attached hydrogens (tertiary/aromatic N) is 3. The molecule has 1 aliphatic rings. The predicted octanol–water partition coefficient (Wildman–Crippen LogP) is 2.57. The van der Waals surface area contributed by atoms with Crippen LogP contribution in [-0.4, -0.2) is 27.0 Å². The third kappa shape index (κ3) is 3.47. The Hall–Kier alpha value is -2.08.